The van der Waals surface area contributed by atoms with Crippen molar-refractivity contribution in [2.24, 2.45) is 5.92 Å². The minimum atomic E-state index is 0.119. The van der Waals surface area contributed by atoms with Gasteiger partial charge in [0.25, 0.3) is 5.91 Å². The van der Waals surface area contributed by atoms with Gasteiger partial charge in [-0.25, -0.2) is 0 Å². The molecule has 0 N–H and O–H groups in total. The van der Waals surface area contributed by atoms with Crippen LogP contribution in [0.15, 0.2) is 11.8 Å². The summed E-state index contributed by atoms with van der Waals surface area (Å²) < 4.78 is 5.06. The molecule has 2 rings (SSSR count). The van der Waals surface area contributed by atoms with Gasteiger partial charge >= 0.3 is 0 Å². The lowest BCUT2D eigenvalue weighted by molar-refractivity contribution is -0.129. The fourth-order valence-electron chi connectivity index (χ4n) is 2.06. The molecular formula is C10H15NO2. The van der Waals surface area contributed by atoms with E-state index in [0.717, 1.165) is 24.5 Å². The molecule has 0 bridgehead atoms. The summed E-state index contributed by atoms with van der Waals surface area (Å²) in [5.41, 5.74) is 0. The van der Waals surface area contributed by atoms with Crippen LogP contribution in [0.1, 0.15) is 19.8 Å². The van der Waals surface area contributed by atoms with Crippen molar-refractivity contribution in [3.8, 4) is 0 Å². The summed E-state index contributed by atoms with van der Waals surface area (Å²) in [4.78, 5) is 13.4. The summed E-state index contributed by atoms with van der Waals surface area (Å²) in [6.45, 7) is 2.90. The number of ether oxygens (including phenoxy) is 1. The molecule has 1 amide bonds. The topological polar surface area (TPSA) is 29.5 Å². The Morgan fingerprint density at radius 2 is 2.23 bits per heavy atom. The van der Waals surface area contributed by atoms with E-state index in [2.05, 4.69) is 6.92 Å². The van der Waals surface area contributed by atoms with Crippen LogP contribution in [0.3, 0.4) is 0 Å². The Kier molecular flexibility index (Phi) is 2.02. The highest BCUT2D eigenvalue weighted by molar-refractivity contribution is 5.91. The van der Waals surface area contributed by atoms with E-state index in [1.54, 1.807) is 13.2 Å². The third-order valence-corrected chi connectivity index (χ3v) is 2.95. The van der Waals surface area contributed by atoms with Crippen molar-refractivity contribution >= 4 is 5.91 Å². The Morgan fingerprint density at radius 3 is 2.69 bits per heavy atom. The fourth-order valence-corrected chi connectivity index (χ4v) is 2.06. The summed E-state index contributed by atoms with van der Waals surface area (Å²) in [5.74, 6) is 1.70. The second-order valence-electron chi connectivity index (χ2n) is 4.01. The van der Waals surface area contributed by atoms with Gasteiger partial charge in [0.15, 0.2) is 0 Å². The van der Waals surface area contributed by atoms with E-state index >= 15 is 0 Å². The molecule has 0 spiro atoms. The highest BCUT2D eigenvalue weighted by Gasteiger charge is 2.36. The number of nitrogens with zero attached hydrogens (tertiary/aromatic N) is 1. The van der Waals surface area contributed by atoms with E-state index in [9.17, 15) is 4.79 Å². The van der Waals surface area contributed by atoms with Gasteiger partial charge in [0, 0.05) is 12.1 Å². The van der Waals surface area contributed by atoms with Gasteiger partial charge in [-0.1, -0.05) is 6.92 Å². The smallest absolute Gasteiger partial charge is 0.250 e. The van der Waals surface area contributed by atoms with E-state index in [1.165, 1.54) is 0 Å². The van der Waals surface area contributed by atoms with E-state index in [0.29, 0.717) is 12.6 Å². The lowest BCUT2D eigenvalue weighted by Gasteiger charge is -2.39. The molecule has 0 aromatic heterocycles. The molecule has 3 heteroatoms. The van der Waals surface area contributed by atoms with Gasteiger partial charge in [-0.3, -0.25) is 4.79 Å². The molecule has 1 aliphatic heterocycles. The van der Waals surface area contributed by atoms with Crippen LogP contribution in [0, 0.1) is 5.92 Å². The molecule has 1 aliphatic carbocycles. The number of methoxy groups -OCH3 is 1. The predicted molar refractivity (Wildman–Crippen MR) is 49.0 cm³/mol. The van der Waals surface area contributed by atoms with Crippen molar-refractivity contribution < 1.29 is 9.53 Å². The van der Waals surface area contributed by atoms with Crippen LogP contribution in [0.25, 0.3) is 0 Å². The van der Waals surface area contributed by atoms with Crippen molar-refractivity contribution in [1.82, 2.24) is 4.90 Å². The van der Waals surface area contributed by atoms with E-state index < -0.39 is 0 Å². The zero-order valence-electron chi connectivity index (χ0n) is 8.12. The van der Waals surface area contributed by atoms with E-state index in [-0.39, 0.29) is 5.91 Å². The average molecular weight is 181 g/mol. The SMILES string of the molecule is COC1=CC(=O)N([C@H]2C[C@H](C)C2)C1. The minimum absolute atomic E-state index is 0.119. The monoisotopic (exact) mass is 181 g/mol. The molecule has 0 aromatic carbocycles. The first-order valence-corrected chi connectivity index (χ1v) is 4.76. The number of hydrogen-bond acceptors (Lipinski definition) is 2. The van der Waals surface area contributed by atoms with Crippen molar-refractivity contribution in [3.63, 3.8) is 0 Å². The molecule has 1 fully saturated rings. The molecule has 0 unspecified atom stereocenters. The average Bonchev–Trinajstić information content (AvgIpc) is 2.41. The molecule has 0 atom stereocenters. The summed E-state index contributed by atoms with van der Waals surface area (Å²) in [5, 5.41) is 0. The standard InChI is InChI=1S/C10H15NO2/c1-7-3-8(4-7)11-6-9(13-2)5-10(11)12/h5,7-8H,3-4,6H2,1-2H3/t7-,8-. The first-order valence-electron chi connectivity index (χ1n) is 4.76. The van der Waals surface area contributed by atoms with Crippen molar-refractivity contribution in [2.75, 3.05) is 13.7 Å². The minimum Gasteiger partial charge on any atom is -0.499 e. The molecule has 0 saturated heterocycles. The lowest BCUT2D eigenvalue weighted by atomic mass is 9.81. The zero-order valence-corrected chi connectivity index (χ0v) is 8.12. The first-order chi connectivity index (χ1) is 6.20. The number of carbonyl (C=O) groups excluding carboxylic acids is 1. The maximum absolute atomic E-state index is 11.5. The Hall–Kier alpha value is -0.990. The number of amides is 1. The molecule has 0 aromatic rings. The third-order valence-electron chi connectivity index (χ3n) is 2.95. The largest absolute Gasteiger partial charge is 0.499 e. The fraction of sp³-hybridized carbons (Fsp3) is 0.700. The highest BCUT2D eigenvalue weighted by atomic mass is 16.5. The maximum atomic E-state index is 11.5. The van der Waals surface area contributed by atoms with Gasteiger partial charge in [-0.15, -0.1) is 0 Å². The van der Waals surface area contributed by atoms with Gasteiger partial charge in [0.05, 0.1) is 13.7 Å². The Balaban J connectivity index is 1.94. The van der Waals surface area contributed by atoms with Crippen molar-refractivity contribution in [1.29, 1.82) is 0 Å². The van der Waals surface area contributed by atoms with Crippen LogP contribution in [-0.4, -0.2) is 30.5 Å². The van der Waals surface area contributed by atoms with Crippen LogP contribution in [0.4, 0.5) is 0 Å². The quantitative estimate of drug-likeness (QED) is 0.639. The second kappa shape index (κ2) is 3.05. The van der Waals surface area contributed by atoms with E-state index in [4.69, 9.17) is 4.74 Å². The molecule has 13 heavy (non-hydrogen) atoms. The molecule has 72 valence electrons. The van der Waals surface area contributed by atoms with Gasteiger partial charge < -0.3 is 9.64 Å². The van der Waals surface area contributed by atoms with Gasteiger partial charge in [0.1, 0.15) is 5.76 Å². The van der Waals surface area contributed by atoms with Crippen LogP contribution in [0.5, 0.6) is 0 Å². The van der Waals surface area contributed by atoms with Crippen molar-refractivity contribution in [3.05, 3.63) is 11.8 Å². The molecule has 1 saturated carbocycles. The molecular weight excluding hydrogens is 166 g/mol. The predicted octanol–water partition coefficient (Wildman–Crippen LogP) is 1.16. The summed E-state index contributed by atoms with van der Waals surface area (Å²) in [6, 6.07) is 0.464. The number of rotatable bonds is 2. The third kappa shape index (κ3) is 1.43. The molecule has 0 radical (unpaired) electrons. The van der Waals surface area contributed by atoms with Crippen LogP contribution in [0.2, 0.25) is 0 Å². The molecule has 3 nitrogen and oxygen atoms in total. The summed E-state index contributed by atoms with van der Waals surface area (Å²) in [7, 11) is 1.62. The van der Waals surface area contributed by atoms with Crippen LogP contribution in [-0.2, 0) is 9.53 Å². The summed E-state index contributed by atoms with van der Waals surface area (Å²) in [6.07, 6.45) is 3.90. The first kappa shape index (κ1) is 8.60. The Labute approximate surface area is 78.4 Å². The van der Waals surface area contributed by atoms with Gasteiger partial charge in [0.2, 0.25) is 0 Å². The van der Waals surface area contributed by atoms with E-state index in [1.807, 2.05) is 4.90 Å². The van der Waals surface area contributed by atoms with Gasteiger partial charge in [-0.2, -0.15) is 0 Å². The summed E-state index contributed by atoms with van der Waals surface area (Å²) >= 11 is 0. The number of hydrogen-bond donors (Lipinski definition) is 0. The maximum Gasteiger partial charge on any atom is 0.250 e. The normalized spacial score (nSPS) is 32.9. The van der Waals surface area contributed by atoms with Gasteiger partial charge in [-0.05, 0) is 18.8 Å². The second-order valence-corrected chi connectivity index (χ2v) is 4.01. The Morgan fingerprint density at radius 1 is 1.54 bits per heavy atom. The highest BCUT2D eigenvalue weighted by Crippen LogP contribution is 2.33. The molecule has 1 heterocycles. The van der Waals surface area contributed by atoms with Crippen LogP contribution >= 0.6 is 0 Å². The number of carbonyl (C=O) groups is 1. The lowest BCUT2D eigenvalue weighted by Crippen LogP contribution is -2.45. The van der Waals surface area contributed by atoms with Crippen molar-refractivity contribution in [2.45, 2.75) is 25.8 Å². The zero-order chi connectivity index (χ0) is 9.42. The van der Waals surface area contributed by atoms with Crippen LogP contribution < -0.4 is 0 Å². The Bertz CT molecular complexity index is 254. The molecule has 2 aliphatic rings.